The van der Waals surface area contributed by atoms with Crippen LogP contribution in [-0.4, -0.2) is 31.1 Å². The molecule has 6 heteroatoms. The van der Waals surface area contributed by atoms with E-state index in [0.717, 1.165) is 17.4 Å². The molecule has 0 radical (unpaired) electrons. The topological polar surface area (TPSA) is 58.5 Å². The molecule has 0 fully saturated rings. The predicted molar refractivity (Wildman–Crippen MR) is 95.8 cm³/mol. The fourth-order valence-corrected chi connectivity index (χ4v) is 2.78. The van der Waals surface area contributed by atoms with Gasteiger partial charge in [-0.2, -0.15) is 0 Å². The van der Waals surface area contributed by atoms with Crippen molar-refractivity contribution in [2.45, 2.75) is 26.5 Å². The highest BCUT2D eigenvalue weighted by Crippen LogP contribution is 2.12. The van der Waals surface area contributed by atoms with Gasteiger partial charge in [0.2, 0.25) is 0 Å². The molecular formula is C17H24N4OS. The molecule has 0 saturated carbocycles. The van der Waals surface area contributed by atoms with E-state index in [-0.39, 0.29) is 0 Å². The molecule has 0 spiro atoms. The second kappa shape index (κ2) is 9.97. The third-order valence-electron chi connectivity index (χ3n) is 3.23. The van der Waals surface area contributed by atoms with Crippen LogP contribution < -0.4 is 10.6 Å². The summed E-state index contributed by atoms with van der Waals surface area (Å²) < 4.78 is 5.64. The number of aliphatic imine (C=N–C) groups is 1. The molecule has 0 unspecified atom stereocenters. The summed E-state index contributed by atoms with van der Waals surface area (Å²) >= 11 is 1.73. The Bertz CT molecular complexity index is 598. The lowest BCUT2D eigenvalue weighted by Gasteiger charge is -2.11. The molecule has 2 rings (SSSR count). The molecule has 0 amide bonds. The fraction of sp³-hybridized carbons (Fsp3) is 0.412. The Balaban J connectivity index is 1.61. The SMILES string of the molecule is CCc1cnc(CNC(=NC)NCCOCc2ccccc2)s1. The minimum Gasteiger partial charge on any atom is -0.375 e. The van der Waals surface area contributed by atoms with E-state index in [4.69, 9.17) is 4.74 Å². The molecule has 0 saturated heterocycles. The Morgan fingerprint density at radius 2 is 2.09 bits per heavy atom. The standard InChI is InChI=1S/C17H24N4OS/c1-3-15-11-20-16(23-15)12-21-17(18-2)19-9-10-22-13-14-7-5-4-6-8-14/h4-8,11H,3,9-10,12-13H2,1-2H3,(H2,18,19,21). The first kappa shape index (κ1) is 17.4. The highest BCUT2D eigenvalue weighted by molar-refractivity contribution is 7.11. The van der Waals surface area contributed by atoms with E-state index in [1.54, 1.807) is 18.4 Å². The monoisotopic (exact) mass is 332 g/mol. The Kier molecular flexibility index (Phi) is 7.56. The van der Waals surface area contributed by atoms with Crippen molar-refractivity contribution >= 4 is 17.3 Å². The highest BCUT2D eigenvalue weighted by Gasteiger charge is 2.02. The van der Waals surface area contributed by atoms with Gasteiger partial charge in [-0.05, 0) is 12.0 Å². The molecule has 0 atom stereocenters. The van der Waals surface area contributed by atoms with Crippen molar-refractivity contribution in [2.75, 3.05) is 20.2 Å². The van der Waals surface area contributed by atoms with E-state index in [0.29, 0.717) is 26.3 Å². The molecule has 124 valence electrons. The van der Waals surface area contributed by atoms with Gasteiger partial charge in [-0.15, -0.1) is 11.3 Å². The molecule has 0 aliphatic carbocycles. The first-order valence-corrected chi connectivity index (χ1v) is 8.63. The van der Waals surface area contributed by atoms with Gasteiger partial charge in [0.1, 0.15) is 5.01 Å². The van der Waals surface area contributed by atoms with Gasteiger partial charge in [0.25, 0.3) is 0 Å². The molecule has 1 aromatic carbocycles. The van der Waals surface area contributed by atoms with E-state index in [9.17, 15) is 0 Å². The van der Waals surface area contributed by atoms with Gasteiger partial charge in [-0.1, -0.05) is 37.3 Å². The Labute approximate surface area is 141 Å². The van der Waals surface area contributed by atoms with E-state index >= 15 is 0 Å². The average Bonchev–Trinajstić information content (AvgIpc) is 3.06. The minimum absolute atomic E-state index is 0.632. The summed E-state index contributed by atoms with van der Waals surface area (Å²) in [7, 11) is 1.76. The van der Waals surface area contributed by atoms with E-state index in [1.165, 1.54) is 10.4 Å². The van der Waals surface area contributed by atoms with Crippen LogP contribution >= 0.6 is 11.3 Å². The number of aryl methyl sites for hydroxylation is 1. The number of hydrogen-bond acceptors (Lipinski definition) is 4. The smallest absolute Gasteiger partial charge is 0.191 e. The Hall–Kier alpha value is -1.92. The van der Waals surface area contributed by atoms with Crippen LogP contribution in [0.2, 0.25) is 0 Å². The van der Waals surface area contributed by atoms with Crippen LogP contribution in [0, 0.1) is 0 Å². The van der Waals surface area contributed by atoms with E-state index in [2.05, 4.69) is 39.7 Å². The lowest BCUT2D eigenvalue weighted by atomic mass is 10.2. The average molecular weight is 332 g/mol. The molecule has 1 heterocycles. The van der Waals surface area contributed by atoms with E-state index in [1.807, 2.05) is 24.4 Å². The maximum atomic E-state index is 5.64. The van der Waals surface area contributed by atoms with Crippen molar-refractivity contribution in [3.63, 3.8) is 0 Å². The van der Waals surface area contributed by atoms with Gasteiger partial charge in [-0.3, -0.25) is 4.99 Å². The van der Waals surface area contributed by atoms with Crippen molar-refractivity contribution in [3.05, 3.63) is 52.0 Å². The number of thiazole rings is 1. The Morgan fingerprint density at radius 1 is 1.26 bits per heavy atom. The van der Waals surface area contributed by atoms with Gasteiger partial charge in [0, 0.05) is 24.7 Å². The summed E-state index contributed by atoms with van der Waals surface area (Å²) in [5.41, 5.74) is 1.19. The first-order valence-electron chi connectivity index (χ1n) is 7.81. The summed E-state index contributed by atoms with van der Waals surface area (Å²) in [5.74, 6) is 0.765. The van der Waals surface area contributed by atoms with Crippen LogP contribution in [0.15, 0.2) is 41.5 Å². The summed E-state index contributed by atoms with van der Waals surface area (Å²) in [6.07, 6.45) is 2.97. The second-order valence-corrected chi connectivity index (χ2v) is 6.16. The first-order chi connectivity index (χ1) is 11.3. The Morgan fingerprint density at radius 3 is 2.78 bits per heavy atom. The minimum atomic E-state index is 0.632. The summed E-state index contributed by atoms with van der Waals surface area (Å²) in [4.78, 5) is 9.89. The summed E-state index contributed by atoms with van der Waals surface area (Å²) in [6, 6.07) is 10.2. The molecule has 2 N–H and O–H groups in total. The molecule has 0 bridgehead atoms. The highest BCUT2D eigenvalue weighted by atomic mass is 32.1. The molecular weight excluding hydrogens is 308 g/mol. The zero-order chi connectivity index (χ0) is 16.3. The van der Waals surface area contributed by atoms with Crippen LogP contribution in [0.5, 0.6) is 0 Å². The zero-order valence-corrected chi connectivity index (χ0v) is 14.5. The van der Waals surface area contributed by atoms with Gasteiger partial charge in [0.05, 0.1) is 19.8 Å². The number of rotatable bonds is 8. The quantitative estimate of drug-likeness (QED) is 0.443. The van der Waals surface area contributed by atoms with Crippen molar-refractivity contribution in [1.29, 1.82) is 0 Å². The number of aromatic nitrogens is 1. The number of guanidine groups is 1. The third-order valence-corrected chi connectivity index (χ3v) is 4.37. The maximum Gasteiger partial charge on any atom is 0.191 e. The van der Waals surface area contributed by atoms with Gasteiger partial charge in [0.15, 0.2) is 5.96 Å². The normalized spacial score (nSPS) is 11.5. The molecule has 1 aromatic heterocycles. The number of nitrogens with zero attached hydrogens (tertiary/aromatic N) is 2. The van der Waals surface area contributed by atoms with Crippen molar-refractivity contribution < 1.29 is 4.74 Å². The van der Waals surface area contributed by atoms with Crippen molar-refractivity contribution in [1.82, 2.24) is 15.6 Å². The predicted octanol–water partition coefficient (Wildman–Crippen LogP) is 2.59. The van der Waals surface area contributed by atoms with Crippen LogP contribution in [-0.2, 0) is 24.3 Å². The number of hydrogen-bond donors (Lipinski definition) is 2. The maximum absolute atomic E-state index is 5.64. The molecule has 2 aromatic rings. The number of benzene rings is 1. The van der Waals surface area contributed by atoms with Gasteiger partial charge < -0.3 is 15.4 Å². The van der Waals surface area contributed by atoms with Crippen molar-refractivity contribution in [2.24, 2.45) is 4.99 Å². The molecule has 0 aliphatic heterocycles. The number of nitrogens with one attached hydrogen (secondary N) is 2. The van der Waals surface area contributed by atoms with Crippen LogP contribution in [0.1, 0.15) is 22.4 Å². The summed E-state index contributed by atoms with van der Waals surface area (Å²) in [6.45, 7) is 4.81. The van der Waals surface area contributed by atoms with E-state index < -0.39 is 0 Å². The van der Waals surface area contributed by atoms with Gasteiger partial charge >= 0.3 is 0 Å². The van der Waals surface area contributed by atoms with Gasteiger partial charge in [-0.25, -0.2) is 4.98 Å². The lowest BCUT2D eigenvalue weighted by molar-refractivity contribution is 0.125. The molecule has 0 aliphatic rings. The van der Waals surface area contributed by atoms with Crippen LogP contribution in [0.3, 0.4) is 0 Å². The lowest BCUT2D eigenvalue weighted by Crippen LogP contribution is -2.38. The van der Waals surface area contributed by atoms with Crippen molar-refractivity contribution in [3.8, 4) is 0 Å². The van der Waals surface area contributed by atoms with Crippen LogP contribution in [0.4, 0.5) is 0 Å². The third kappa shape index (κ3) is 6.38. The number of ether oxygens (including phenoxy) is 1. The molecule has 23 heavy (non-hydrogen) atoms. The summed E-state index contributed by atoms with van der Waals surface area (Å²) in [5, 5.41) is 7.57. The second-order valence-electron chi connectivity index (χ2n) is 4.96. The zero-order valence-electron chi connectivity index (χ0n) is 13.7. The van der Waals surface area contributed by atoms with Crippen LogP contribution in [0.25, 0.3) is 0 Å². The largest absolute Gasteiger partial charge is 0.375 e. The molecule has 5 nitrogen and oxygen atoms in total. The fourth-order valence-electron chi connectivity index (χ4n) is 1.98.